The molecule has 0 aliphatic heterocycles. The number of allylic oxidation sites excluding steroid dienone is 1. The molecule has 18 heavy (non-hydrogen) atoms. The predicted octanol–water partition coefficient (Wildman–Crippen LogP) is 3.65. The fourth-order valence-corrected chi connectivity index (χ4v) is 1.66. The topological polar surface area (TPSA) is 17.1 Å². The third-order valence-electron chi connectivity index (χ3n) is 2.53. The Bertz CT molecular complexity index is 558. The molecular formula is C16H13FO. The SMILES string of the molecule is O=C(/C=C/c1ccccc1)Cc1cccc(F)c1. The summed E-state index contributed by atoms with van der Waals surface area (Å²) in [6.07, 6.45) is 3.52. The van der Waals surface area contributed by atoms with Crippen molar-refractivity contribution in [2.24, 2.45) is 0 Å². The van der Waals surface area contributed by atoms with Crippen LogP contribution in [0.5, 0.6) is 0 Å². The van der Waals surface area contributed by atoms with E-state index in [1.807, 2.05) is 30.3 Å². The molecule has 0 aromatic heterocycles. The number of halogens is 1. The molecule has 0 radical (unpaired) electrons. The van der Waals surface area contributed by atoms with Gasteiger partial charge in [-0.05, 0) is 29.3 Å². The van der Waals surface area contributed by atoms with Crippen LogP contribution in [0.4, 0.5) is 4.39 Å². The van der Waals surface area contributed by atoms with Crippen LogP contribution in [0.2, 0.25) is 0 Å². The van der Waals surface area contributed by atoms with Gasteiger partial charge < -0.3 is 0 Å². The molecule has 2 heteroatoms. The molecule has 0 unspecified atom stereocenters. The summed E-state index contributed by atoms with van der Waals surface area (Å²) >= 11 is 0. The van der Waals surface area contributed by atoms with Gasteiger partial charge in [-0.2, -0.15) is 0 Å². The highest BCUT2D eigenvalue weighted by molar-refractivity contribution is 5.95. The predicted molar refractivity (Wildman–Crippen MR) is 70.6 cm³/mol. The molecule has 0 saturated heterocycles. The van der Waals surface area contributed by atoms with Gasteiger partial charge in [0.15, 0.2) is 5.78 Å². The zero-order valence-electron chi connectivity index (χ0n) is 9.84. The van der Waals surface area contributed by atoms with Gasteiger partial charge >= 0.3 is 0 Å². The molecule has 0 fully saturated rings. The Morgan fingerprint density at radius 1 is 1.06 bits per heavy atom. The van der Waals surface area contributed by atoms with E-state index in [-0.39, 0.29) is 18.0 Å². The van der Waals surface area contributed by atoms with Gasteiger partial charge in [0.1, 0.15) is 5.82 Å². The van der Waals surface area contributed by atoms with Crippen LogP contribution in [-0.4, -0.2) is 5.78 Å². The number of hydrogen-bond acceptors (Lipinski definition) is 1. The summed E-state index contributed by atoms with van der Waals surface area (Å²) in [6, 6.07) is 15.7. The summed E-state index contributed by atoms with van der Waals surface area (Å²) in [6.45, 7) is 0. The smallest absolute Gasteiger partial charge is 0.160 e. The van der Waals surface area contributed by atoms with E-state index in [2.05, 4.69) is 0 Å². The van der Waals surface area contributed by atoms with Crippen LogP contribution in [0.3, 0.4) is 0 Å². The van der Waals surface area contributed by atoms with Crippen LogP contribution in [-0.2, 0) is 11.2 Å². The van der Waals surface area contributed by atoms with Gasteiger partial charge in [0, 0.05) is 6.42 Å². The molecular weight excluding hydrogens is 227 g/mol. The summed E-state index contributed by atoms with van der Waals surface area (Å²) in [4.78, 5) is 11.7. The third-order valence-corrected chi connectivity index (χ3v) is 2.53. The first-order valence-electron chi connectivity index (χ1n) is 5.74. The second-order valence-electron chi connectivity index (χ2n) is 4.02. The molecule has 0 bridgehead atoms. The average molecular weight is 240 g/mol. The lowest BCUT2D eigenvalue weighted by Crippen LogP contribution is -1.98. The van der Waals surface area contributed by atoms with Gasteiger partial charge in [-0.3, -0.25) is 4.79 Å². The first-order valence-corrected chi connectivity index (χ1v) is 5.74. The Morgan fingerprint density at radius 3 is 2.56 bits per heavy atom. The van der Waals surface area contributed by atoms with E-state index in [9.17, 15) is 9.18 Å². The van der Waals surface area contributed by atoms with Crippen LogP contribution < -0.4 is 0 Å². The number of hydrogen-bond donors (Lipinski definition) is 0. The van der Waals surface area contributed by atoms with Gasteiger partial charge in [0.2, 0.25) is 0 Å². The van der Waals surface area contributed by atoms with E-state index < -0.39 is 0 Å². The van der Waals surface area contributed by atoms with E-state index >= 15 is 0 Å². The fourth-order valence-electron chi connectivity index (χ4n) is 1.66. The fraction of sp³-hybridized carbons (Fsp3) is 0.0625. The van der Waals surface area contributed by atoms with Crippen molar-refractivity contribution in [1.29, 1.82) is 0 Å². The zero-order chi connectivity index (χ0) is 12.8. The Kier molecular flexibility index (Phi) is 4.02. The van der Waals surface area contributed by atoms with E-state index in [0.717, 1.165) is 5.56 Å². The molecule has 0 aliphatic carbocycles. The molecule has 0 atom stereocenters. The maximum absolute atomic E-state index is 12.9. The second kappa shape index (κ2) is 5.92. The standard InChI is InChI=1S/C16H13FO/c17-15-8-4-7-14(11-15)12-16(18)10-9-13-5-2-1-3-6-13/h1-11H,12H2/b10-9+. The van der Waals surface area contributed by atoms with Crippen LogP contribution >= 0.6 is 0 Å². The van der Waals surface area contributed by atoms with E-state index in [1.165, 1.54) is 18.2 Å². The maximum atomic E-state index is 12.9. The summed E-state index contributed by atoms with van der Waals surface area (Å²) < 4.78 is 12.9. The van der Waals surface area contributed by atoms with Gasteiger partial charge in [-0.1, -0.05) is 48.5 Å². The molecule has 90 valence electrons. The van der Waals surface area contributed by atoms with Crippen molar-refractivity contribution in [3.8, 4) is 0 Å². The van der Waals surface area contributed by atoms with Crippen molar-refractivity contribution in [3.63, 3.8) is 0 Å². The summed E-state index contributed by atoms with van der Waals surface area (Å²) in [5.74, 6) is -0.350. The monoisotopic (exact) mass is 240 g/mol. The molecule has 2 rings (SSSR count). The molecule has 0 spiro atoms. The largest absolute Gasteiger partial charge is 0.294 e. The minimum Gasteiger partial charge on any atom is -0.294 e. The molecule has 0 N–H and O–H groups in total. The molecule has 0 heterocycles. The maximum Gasteiger partial charge on any atom is 0.160 e. The minimum absolute atomic E-state index is 0.0375. The lowest BCUT2D eigenvalue weighted by Gasteiger charge is -1.97. The number of ketones is 1. The first kappa shape index (κ1) is 12.2. The summed E-state index contributed by atoms with van der Waals surface area (Å²) in [5.41, 5.74) is 1.67. The van der Waals surface area contributed by atoms with Gasteiger partial charge in [0.05, 0.1) is 0 Å². The van der Waals surface area contributed by atoms with Gasteiger partial charge in [-0.15, -0.1) is 0 Å². The van der Waals surface area contributed by atoms with Crippen molar-refractivity contribution in [2.75, 3.05) is 0 Å². The number of carbonyl (C=O) groups is 1. The number of benzene rings is 2. The average Bonchev–Trinajstić information content (AvgIpc) is 2.38. The van der Waals surface area contributed by atoms with Crippen molar-refractivity contribution in [2.45, 2.75) is 6.42 Å². The van der Waals surface area contributed by atoms with E-state index in [1.54, 1.807) is 18.2 Å². The highest BCUT2D eigenvalue weighted by atomic mass is 19.1. The van der Waals surface area contributed by atoms with Crippen LogP contribution in [0.15, 0.2) is 60.7 Å². The Morgan fingerprint density at radius 2 is 1.83 bits per heavy atom. The quantitative estimate of drug-likeness (QED) is 0.745. The van der Waals surface area contributed by atoms with Crippen LogP contribution in [0.25, 0.3) is 6.08 Å². The lowest BCUT2D eigenvalue weighted by molar-refractivity contribution is -0.113. The Labute approximate surface area is 106 Å². The normalized spacial score (nSPS) is 10.7. The van der Waals surface area contributed by atoms with E-state index in [4.69, 9.17) is 0 Å². The van der Waals surface area contributed by atoms with Gasteiger partial charge in [-0.25, -0.2) is 4.39 Å². The van der Waals surface area contributed by atoms with Crippen molar-refractivity contribution in [3.05, 3.63) is 77.6 Å². The van der Waals surface area contributed by atoms with Crippen molar-refractivity contribution in [1.82, 2.24) is 0 Å². The Hall–Kier alpha value is -2.22. The lowest BCUT2D eigenvalue weighted by atomic mass is 10.1. The highest BCUT2D eigenvalue weighted by Gasteiger charge is 2.00. The third kappa shape index (κ3) is 3.67. The number of rotatable bonds is 4. The highest BCUT2D eigenvalue weighted by Crippen LogP contribution is 2.06. The summed E-state index contributed by atoms with van der Waals surface area (Å²) in [5, 5.41) is 0. The van der Waals surface area contributed by atoms with Crippen molar-refractivity contribution < 1.29 is 9.18 Å². The molecule has 1 nitrogen and oxygen atoms in total. The zero-order valence-corrected chi connectivity index (χ0v) is 9.84. The van der Waals surface area contributed by atoms with Crippen molar-refractivity contribution >= 4 is 11.9 Å². The molecule has 2 aromatic carbocycles. The molecule has 0 aliphatic rings. The Balaban J connectivity index is 1.99. The minimum atomic E-state index is -0.313. The molecule has 2 aromatic rings. The van der Waals surface area contributed by atoms with Crippen LogP contribution in [0.1, 0.15) is 11.1 Å². The first-order chi connectivity index (χ1) is 8.74. The second-order valence-corrected chi connectivity index (χ2v) is 4.02. The molecule has 0 saturated carbocycles. The molecule has 0 amide bonds. The number of carbonyl (C=O) groups excluding carboxylic acids is 1. The summed E-state index contributed by atoms with van der Waals surface area (Å²) in [7, 11) is 0. The van der Waals surface area contributed by atoms with Crippen LogP contribution in [0, 0.1) is 5.82 Å². The van der Waals surface area contributed by atoms with E-state index in [0.29, 0.717) is 5.56 Å². The van der Waals surface area contributed by atoms with Gasteiger partial charge in [0.25, 0.3) is 0 Å².